The smallest absolute Gasteiger partial charge is 0.0874 e. The lowest BCUT2D eigenvalue weighted by Crippen LogP contribution is -2.32. The molecule has 1 aliphatic carbocycles. The second kappa shape index (κ2) is 8.80. The van der Waals surface area contributed by atoms with E-state index >= 15 is 0 Å². The molecule has 0 saturated heterocycles. The van der Waals surface area contributed by atoms with Gasteiger partial charge in [0.25, 0.3) is 0 Å². The summed E-state index contributed by atoms with van der Waals surface area (Å²) in [5, 5.41) is 22.7. The molecular formula is C28H36O2. The quantitative estimate of drug-likeness (QED) is 0.423. The maximum Gasteiger partial charge on any atom is 0.0874 e. The molecule has 1 atom stereocenters. The van der Waals surface area contributed by atoms with Crippen molar-refractivity contribution in [2.75, 3.05) is 0 Å². The summed E-state index contributed by atoms with van der Waals surface area (Å²) in [4.78, 5) is 0. The highest BCUT2D eigenvalue weighted by atomic mass is 16.3. The molecule has 0 amide bonds. The molecular weight excluding hydrogens is 368 g/mol. The van der Waals surface area contributed by atoms with Crippen molar-refractivity contribution in [2.24, 2.45) is 0 Å². The van der Waals surface area contributed by atoms with Crippen LogP contribution < -0.4 is 0 Å². The molecule has 0 aromatic heterocycles. The fourth-order valence-electron chi connectivity index (χ4n) is 4.37. The summed E-state index contributed by atoms with van der Waals surface area (Å²) >= 11 is 0. The van der Waals surface area contributed by atoms with Crippen LogP contribution in [0.2, 0.25) is 0 Å². The first-order valence-corrected chi connectivity index (χ1v) is 10.6. The summed E-state index contributed by atoms with van der Waals surface area (Å²) < 4.78 is 0. The summed E-state index contributed by atoms with van der Waals surface area (Å²) in [6.45, 7) is 17.8. The number of terminal acetylenes is 1. The Morgan fingerprint density at radius 2 is 1.87 bits per heavy atom. The van der Waals surface area contributed by atoms with Gasteiger partial charge < -0.3 is 10.2 Å². The molecule has 1 fully saturated rings. The van der Waals surface area contributed by atoms with E-state index in [1.54, 1.807) is 19.9 Å². The van der Waals surface area contributed by atoms with Crippen LogP contribution in [-0.4, -0.2) is 21.4 Å². The Morgan fingerprint density at radius 3 is 2.27 bits per heavy atom. The molecule has 0 bridgehead atoms. The molecule has 1 aromatic rings. The molecule has 160 valence electrons. The minimum absolute atomic E-state index is 0.280. The fourth-order valence-corrected chi connectivity index (χ4v) is 4.37. The van der Waals surface area contributed by atoms with E-state index in [1.807, 2.05) is 39.0 Å². The summed E-state index contributed by atoms with van der Waals surface area (Å²) in [6, 6.07) is 5.98. The minimum Gasteiger partial charge on any atom is -0.386 e. The fraction of sp³-hybridized carbons (Fsp3) is 0.429. The standard InChI is InChI=1S/C28H36O2/c1-10-18(4)21(7)26(28(30)15-16-28)24(25(19(5)11-2)27(8,9)29)23-14-13-22(12-3)17-20(23)6/h3,10-11,13-14,17,24,29-30H,2,15-16H2,1,4-9H3/b18-10-,25-19+,26-21-. The number of aliphatic hydroxyl groups is 2. The Morgan fingerprint density at radius 1 is 1.27 bits per heavy atom. The number of hydrogen-bond donors (Lipinski definition) is 2. The number of rotatable bonds is 7. The van der Waals surface area contributed by atoms with Crippen LogP contribution in [0.5, 0.6) is 0 Å². The van der Waals surface area contributed by atoms with E-state index in [2.05, 4.69) is 32.4 Å². The third-order valence-electron chi connectivity index (χ3n) is 6.37. The van der Waals surface area contributed by atoms with Crippen molar-refractivity contribution in [2.45, 2.75) is 78.4 Å². The highest BCUT2D eigenvalue weighted by Crippen LogP contribution is 2.54. The van der Waals surface area contributed by atoms with E-state index in [1.165, 1.54) is 0 Å². The Bertz CT molecular complexity index is 967. The highest BCUT2D eigenvalue weighted by Gasteiger charge is 2.50. The topological polar surface area (TPSA) is 40.5 Å². The Hall–Kier alpha value is -2.34. The van der Waals surface area contributed by atoms with Gasteiger partial charge in [-0.2, -0.15) is 0 Å². The Balaban J connectivity index is 3.00. The second-order valence-electron chi connectivity index (χ2n) is 9.05. The third-order valence-corrected chi connectivity index (χ3v) is 6.37. The lowest BCUT2D eigenvalue weighted by atomic mass is 9.70. The highest BCUT2D eigenvalue weighted by molar-refractivity contribution is 5.56. The van der Waals surface area contributed by atoms with Crippen LogP contribution in [0.3, 0.4) is 0 Å². The molecule has 1 unspecified atom stereocenters. The monoisotopic (exact) mass is 404 g/mol. The Kier molecular flexibility index (Phi) is 7.02. The molecule has 2 nitrogen and oxygen atoms in total. The van der Waals surface area contributed by atoms with Crippen LogP contribution in [0, 0.1) is 19.3 Å². The van der Waals surface area contributed by atoms with Crippen molar-refractivity contribution >= 4 is 0 Å². The predicted octanol–water partition coefficient (Wildman–Crippen LogP) is 6.14. The lowest BCUT2D eigenvalue weighted by Gasteiger charge is -2.37. The van der Waals surface area contributed by atoms with Gasteiger partial charge in [0.2, 0.25) is 0 Å². The predicted molar refractivity (Wildman–Crippen MR) is 127 cm³/mol. The SMILES string of the molecule is C#Cc1ccc(C(/C(=C(C)/C(C)=C\C)C2(O)CC2)/C(=C(/C)C=C)C(C)(C)O)c(C)c1. The van der Waals surface area contributed by atoms with E-state index in [4.69, 9.17) is 6.42 Å². The molecule has 2 rings (SSSR count). The second-order valence-corrected chi connectivity index (χ2v) is 9.05. The van der Waals surface area contributed by atoms with Gasteiger partial charge in [-0.1, -0.05) is 36.3 Å². The maximum atomic E-state index is 11.4. The van der Waals surface area contributed by atoms with Gasteiger partial charge in [-0.3, -0.25) is 0 Å². The van der Waals surface area contributed by atoms with Crippen LogP contribution in [0.1, 0.15) is 77.0 Å². The van der Waals surface area contributed by atoms with Gasteiger partial charge in [-0.15, -0.1) is 6.42 Å². The minimum atomic E-state index is -1.10. The molecule has 1 aromatic carbocycles. The first kappa shape index (κ1) is 23.9. The van der Waals surface area contributed by atoms with Gasteiger partial charge in [0.15, 0.2) is 0 Å². The zero-order valence-electron chi connectivity index (χ0n) is 19.6. The molecule has 1 saturated carbocycles. The number of benzene rings is 1. The van der Waals surface area contributed by atoms with Crippen LogP contribution in [0.15, 0.2) is 64.8 Å². The van der Waals surface area contributed by atoms with Crippen LogP contribution in [-0.2, 0) is 0 Å². The van der Waals surface area contributed by atoms with Gasteiger partial charge in [0.05, 0.1) is 11.2 Å². The molecule has 0 spiro atoms. The number of allylic oxidation sites excluding steroid dienone is 5. The average Bonchev–Trinajstić information content (AvgIpc) is 3.43. The van der Waals surface area contributed by atoms with Crippen molar-refractivity contribution in [1.82, 2.24) is 0 Å². The van der Waals surface area contributed by atoms with Gasteiger partial charge in [-0.25, -0.2) is 0 Å². The zero-order chi connectivity index (χ0) is 22.9. The molecule has 30 heavy (non-hydrogen) atoms. The van der Waals surface area contributed by atoms with Crippen molar-refractivity contribution in [3.8, 4) is 12.3 Å². The van der Waals surface area contributed by atoms with Crippen molar-refractivity contribution in [1.29, 1.82) is 0 Å². The summed E-state index contributed by atoms with van der Waals surface area (Å²) in [5.41, 5.74) is 5.88. The molecule has 2 N–H and O–H groups in total. The molecule has 0 heterocycles. The zero-order valence-corrected chi connectivity index (χ0v) is 19.6. The molecule has 0 aliphatic heterocycles. The molecule has 2 heteroatoms. The van der Waals surface area contributed by atoms with Gasteiger partial charge in [0, 0.05) is 11.5 Å². The molecule has 1 aliphatic rings. The number of aryl methyl sites for hydroxylation is 1. The van der Waals surface area contributed by atoms with Gasteiger partial charge in [0.1, 0.15) is 0 Å². The van der Waals surface area contributed by atoms with Gasteiger partial charge >= 0.3 is 0 Å². The first-order valence-electron chi connectivity index (χ1n) is 10.6. The van der Waals surface area contributed by atoms with Gasteiger partial charge in [-0.05, 0) is 107 Å². The van der Waals surface area contributed by atoms with Crippen LogP contribution >= 0.6 is 0 Å². The van der Waals surface area contributed by atoms with Crippen molar-refractivity contribution in [3.05, 3.63) is 81.5 Å². The van der Waals surface area contributed by atoms with E-state index in [0.29, 0.717) is 0 Å². The van der Waals surface area contributed by atoms with Crippen molar-refractivity contribution < 1.29 is 10.2 Å². The van der Waals surface area contributed by atoms with Crippen molar-refractivity contribution in [3.63, 3.8) is 0 Å². The molecule has 0 radical (unpaired) electrons. The maximum absolute atomic E-state index is 11.4. The lowest BCUT2D eigenvalue weighted by molar-refractivity contribution is 0.110. The largest absolute Gasteiger partial charge is 0.386 e. The summed E-state index contributed by atoms with van der Waals surface area (Å²) in [5.74, 6) is 2.42. The summed E-state index contributed by atoms with van der Waals surface area (Å²) in [7, 11) is 0. The third kappa shape index (κ3) is 4.69. The summed E-state index contributed by atoms with van der Waals surface area (Å²) in [6.07, 6.45) is 10.9. The van der Waals surface area contributed by atoms with Crippen LogP contribution in [0.25, 0.3) is 0 Å². The average molecular weight is 405 g/mol. The van der Waals surface area contributed by atoms with E-state index in [9.17, 15) is 10.2 Å². The van der Waals surface area contributed by atoms with E-state index in [-0.39, 0.29) is 5.92 Å². The van der Waals surface area contributed by atoms with Crippen LogP contribution in [0.4, 0.5) is 0 Å². The van der Waals surface area contributed by atoms with E-state index < -0.39 is 11.2 Å². The first-order chi connectivity index (χ1) is 13.9. The number of hydrogen-bond acceptors (Lipinski definition) is 2. The normalized spacial score (nSPS) is 18.7. The Labute approximate surface area is 182 Å². The van der Waals surface area contributed by atoms with E-state index in [0.717, 1.165) is 57.4 Å².